The van der Waals surface area contributed by atoms with E-state index < -0.39 is 6.04 Å². The number of rotatable bonds is 11. The van der Waals surface area contributed by atoms with Crippen molar-refractivity contribution in [1.82, 2.24) is 10.2 Å². The van der Waals surface area contributed by atoms with Crippen molar-refractivity contribution in [2.45, 2.75) is 38.8 Å². The number of carbonyl (C=O) groups is 2. The Balaban J connectivity index is 2.02. The highest BCUT2D eigenvalue weighted by Crippen LogP contribution is 2.24. The van der Waals surface area contributed by atoms with Gasteiger partial charge in [0, 0.05) is 20.0 Å². The number of benzene rings is 2. The molecule has 0 aliphatic carbocycles. The van der Waals surface area contributed by atoms with Gasteiger partial charge in [-0.25, -0.2) is 0 Å². The largest absolute Gasteiger partial charge is 0.497 e. The SMILES string of the molecule is CCC(C(=O)NC)N(Cc1ccc(Cl)c(Cl)c1)C(=O)CCCOc1ccc(OC)cc1. The summed E-state index contributed by atoms with van der Waals surface area (Å²) in [5.41, 5.74) is 0.805. The van der Waals surface area contributed by atoms with Crippen LogP contribution in [0.1, 0.15) is 31.7 Å². The molecular formula is C23H28Cl2N2O4. The van der Waals surface area contributed by atoms with Gasteiger partial charge in [0.2, 0.25) is 11.8 Å². The molecule has 0 heterocycles. The van der Waals surface area contributed by atoms with Crippen LogP contribution >= 0.6 is 23.2 Å². The Morgan fingerprint density at radius 3 is 2.32 bits per heavy atom. The van der Waals surface area contributed by atoms with Gasteiger partial charge >= 0.3 is 0 Å². The molecule has 2 aromatic carbocycles. The first-order chi connectivity index (χ1) is 14.9. The van der Waals surface area contributed by atoms with Gasteiger partial charge in [0.15, 0.2) is 0 Å². The summed E-state index contributed by atoms with van der Waals surface area (Å²) in [7, 11) is 3.17. The van der Waals surface area contributed by atoms with E-state index in [1.54, 1.807) is 37.3 Å². The Kier molecular flexibility index (Phi) is 9.95. The van der Waals surface area contributed by atoms with Gasteiger partial charge in [-0.15, -0.1) is 0 Å². The average Bonchev–Trinajstić information content (AvgIpc) is 2.78. The predicted octanol–water partition coefficient (Wildman–Crippen LogP) is 4.71. The Hall–Kier alpha value is -2.44. The van der Waals surface area contributed by atoms with Crippen LogP contribution in [0.25, 0.3) is 0 Å². The smallest absolute Gasteiger partial charge is 0.242 e. The summed E-state index contributed by atoms with van der Waals surface area (Å²) in [6, 6.07) is 11.9. The van der Waals surface area contributed by atoms with Crippen molar-refractivity contribution < 1.29 is 19.1 Å². The third kappa shape index (κ3) is 7.33. The molecule has 0 saturated heterocycles. The lowest BCUT2D eigenvalue weighted by Crippen LogP contribution is -2.48. The van der Waals surface area contributed by atoms with E-state index in [0.717, 1.165) is 11.3 Å². The molecule has 2 amide bonds. The van der Waals surface area contributed by atoms with Crippen LogP contribution in [0.3, 0.4) is 0 Å². The van der Waals surface area contributed by atoms with Gasteiger partial charge in [-0.1, -0.05) is 36.2 Å². The predicted molar refractivity (Wildman–Crippen MR) is 123 cm³/mol. The lowest BCUT2D eigenvalue weighted by molar-refractivity contribution is -0.141. The molecule has 0 saturated carbocycles. The normalized spacial score (nSPS) is 11.5. The van der Waals surface area contributed by atoms with Crippen molar-refractivity contribution in [1.29, 1.82) is 0 Å². The summed E-state index contributed by atoms with van der Waals surface area (Å²) in [4.78, 5) is 27.0. The molecule has 2 aromatic rings. The molecule has 8 heteroatoms. The molecule has 0 fully saturated rings. The number of hydrogen-bond donors (Lipinski definition) is 1. The average molecular weight is 467 g/mol. The molecule has 2 rings (SSSR count). The monoisotopic (exact) mass is 466 g/mol. The molecule has 6 nitrogen and oxygen atoms in total. The minimum Gasteiger partial charge on any atom is -0.497 e. The zero-order valence-corrected chi connectivity index (χ0v) is 19.5. The van der Waals surface area contributed by atoms with Crippen molar-refractivity contribution in [3.8, 4) is 11.5 Å². The number of nitrogens with zero attached hydrogens (tertiary/aromatic N) is 1. The molecule has 0 aliphatic heterocycles. The van der Waals surface area contributed by atoms with Crippen LogP contribution in [-0.2, 0) is 16.1 Å². The quantitative estimate of drug-likeness (QED) is 0.486. The fraction of sp³-hybridized carbons (Fsp3) is 0.391. The molecule has 0 spiro atoms. The second-order valence-electron chi connectivity index (χ2n) is 6.94. The maximum Gasteiger partial charge on any atom is 0.242 e. The Bertz CT molecular complexity index is 874. The topological polar surface area (TPSA) is 67.9 Å². The molecule has 0 aromatic heterocycles. The van der Waals surface area contributed by atoms with Crippen LogP contribution in [-0.4, -0.2) is 43.5 Å². The fourth-order valence-corrected chi connectivity index (χ4v) is 3.47. The lowest BCUT2D eigenvalue weighted by Gasteiger charge is -2.30. The van der Waals surface area contributed by atoms with Crippen LogP contribution in [0.2, 0.25) is 10.0 Å². The fourth-order valence-electron chi connectivity index (χ4n) is 3.15. The Morgan fingerprint density at radius 2 is 1.74 bits per heavy atom. The molecule has 1 unspecified atom stereocenters. The number of nitrogens with one attached hydrogen (secondary N) is 1. The molecule has 31 heavy (non-hydrogen) atoms. The molecule has 1 N–H and O–H groups in total. The minimum absolute atomic E-state index is 0.125. The third-order valence-corrected chi connectivity index (χ3v) is 5.57. The van der Waals surface area contributed by atoms with Gasteiger partial charge in [0.05, 0.1) is 23.8 Å². The van der Waals surface area contributed by atoms with Crippen LogP contribution in [0.5, 0.6) is 11.5 Å². The van der Waals surface area contributed by atoms with E-state index in [0.29, 0.717) is 35.2 Å². The second-order valence-corrected chi connectivity index (χ2v) is 7.75. The van der Waals surface area contributed by atoms with E-state index >= 15 is 0 Å². The lowest BCUT2D eigenvalue weighted by atomic mass is 10.1. The summed E-state index contributed by atoms with van der Waals surface area (Å²) in [6.45, 7) is 2.53. The van der Waals surface area contributed by atoms with Crippen molar-refractivity contribution in [2.24, 2.45) is 0 Å². The van der Waals surface area contributed by atoms with Gasteiger partial charge in [-0.3, -0.25) is 9.59 Å². The molecule has 0 bridgehead atoms. The number of methoxy groups -OCH3 is 1. The van der Waals surface area contributed by atoms with E-state index in [1.165, 1.54) is 0 Å². The number of ether oxygens (including phenoxy) is 2. The number of halogens is 2. The highest BCUT2D eigenvalue weighted by molar-refractivity contribution is 6.42. The summed E-state index contributed by atoms with van der Waals surface area (Å²) < 4.78 is 10.8. The first-order valence-electron chi connectivity index (χ1n) is 10.1. The van der Waals surface area contributed by atoms with Crippen molar-refractivity contribution >= 4 is 35.0 Å². The molecule has 0 aliphatic rings. The summed E-state index contributed by atoms with van der Waals surface area (Å²) in [5, 5.41) is 3.49. The van der Waals surface area contributed by atoms with Gasteiger partial charge in [-0.2, -0.15) is 0 Å². The van der Waals surface area contributed by atoms with E-state index in [9.17, 15) is 9.59 Å². The maximum atomic E-state index is 13.0. The van der Waals surface area contributed by atoms with Gasteiger partial charge in [-0.05, 0) is 54.8 Å². The van der Waals surface area contributed by atoms with Crippen LogP contribution in [0.4, 0.5) is 0 Å². The second kappa shape index (κ2) is 12.4. The zero-order valence-electron chi connectivity index (χ0n) is 18.0. The van der Waals surface area contributed by atoms with E-state index in [2.05, 4.69) is 5.32 Å². The maximum absolute atomic E-state index is 13.0. The van der Waals surface area contributed by atoms with Gasteiger partial charge in [0.1, 0.15) is 17.5 Å². The first-order valence-corrected chi connectivity index (χ1v) is 10.9. The summed E-state index contributed by atoms with van der Waals surface area (Å²) in [5.74, 6) is 1.13. The van der Waals surface area contributed by atoms with Crippen LogP contribution in [0.15, 0.2) is 42.5 Å². The van der Waals surface area contributed by atoms with E-state index in [1.807, 2.05) is 31.2 Å². The Morgan fingerprint density at radius 1 is 1.06 bits per heavy atom. The van der Waals surface area contributed by atoms with Gasteiger partial charge < -0.3 is 19.7 Å². The van der Waals surface area contributed by atoms with Crippen molar-refractivity contribution in [3.63, 3.8) is 0 Å². The summed E-state index contributed by atoms with van der Waals surface area (Å²) in [6.07, 6.45) is 1.27. The van der Waals surface area contributed by atoms with Crippen LogP contribution < -0.4 is 14.8 Å². The molecule has 1 atom stereocenters. The van der Waals surface area contributed by atoms with E-state index in [4.69, 9.17) is 32.7 Å². The zero-order chi connectivity index (χ0) is 22.8. The van der Waals surface area contributed by atoms with Crippen LogP contribution in [0, 0.1) is 0 Å². The number of carbonyl (C=O) groups excluding carboxylic acids is 2. The molecular weight excluding hydrogens is 439 g/mol. The highest BCUT2D eigenvalue weighted by Gasteiger charge is 2.27. The van der Waals surface area contributed by atoms with Crippen molar-refractivity contribution in [3.05, 3.63) is 58.1 Å². The van der Waals surface area contributed by atoms with E-state index in [-0.39, 0.29) is 24.8 Å². The molecule has 0 radical (unpaired) electrons. The minimum atomic E-state index is -0.575. The summed E-state index contributed by atoms with van der Waals surface area (Å²) >= 11 is 12.1. The number of hydrogen-bond acceptors (Lipinski definition) is 4. The van der Waals surface area contributed by atoms with Gasteiger partial charge in [0.25, 0.3) is 0 Å². The highest BCUT2D eigenvalue weighted by atomic mass is 35.5. The first kappa shape index (κ1) is 24.8. The molecule has 168 valence electrons. The Labute approximate surface area is 193 Å². The van der Waals surface area contributed by atoms with Crippen molar-refractivity contribution in [2.75, 3.05) is 20.8 Å². The third-order valence-electron chi connectivity index (χ3n) is 4.83. The number of amides is 2. The number of likely N-dealkylation sites (N-methyl/N-ethyl adjacent to an activating group) is 1. The standard InChI is InChI=1S/C23H28Cl2N2O4/c1-4-21(23(29)26-2)27(15-16-7-12-19(24)20(25)14-16)22(28)6-5-13-31-18-10-8-17(30-3)9-11-18/h7-12,14,21H,4-6,13,15H2,1-3H3,(H,26,29).